The average molecular weight is 441 g/mol. The first-order valence-corrected chi connectivity index (χ1v) is 12.1. The van der Waals surface area contributed by atoms with Crippen molar-refractivity contribution in [2.75, 3.05) is 39.8 Å². The summed E-state index contributed by atoms with van der Waals surface area (Å²) in [4.78, 5) is 17.3. The van der Waals surface area contributed by atoms with Gasteiger partial charge in [-0.05, 0) is 62.7 Å². The molecule has 2 aliphatic rings. The Hall–Kier alpha value is -2.41. The Morgan fingerprint density at radius 2 is 1.72 bits per heavy atom. The molecule has 7 heteroatoms. The third-order valence-corrected chi connectivity index (χ3v) is 6.79. The Bertz CT molecular complexity index is 854. The first kappa shape index (κ1) is 22.8. The second kappa shape index (κ2) is 11.5. The molecule has 0 N–H and O–H groups in total. The van der Waals surface area contributed by atoms with E-state index in [2.05, 4.69) is 15.1 Å². The number of aryl methyl sites for hydroxylation is 3. The second-order valence-electron chi connectivity index (χ2n) is 9.09. The number of aromatic nitrogens is 2. The fraction of sp³-hybridized carbons (Fsp3) is 0.640. The Kier molecular flexibility index (Phi) is 8.15. The summed E-state index contributed by atoms with van der Waals surface area (Å²) in [5.41, 5.74) is 1.12. The van der Waals surface area contributed by atoms with Crippen LogP contribution in [0.4, 0.5) is 0 Å². The van der Waals surface area contributed by atoms with Crippen molar-refractivity contribution in [2.24, 2.45) is 5.92 Å². The van der Waals surface area contributed by atoms with Crippen LogP contribution >= 0.6 is 0 Å². The van der Waals surface area contributed by atoms with E-state index in [0.717, 1.165) is 49.6 Å². The number of ether oxygens (including phenoxy) is 1. The molecule has 0 atom stereocenters. The molecule has 0 radical (unpaired) electrons. The lowest BCUT2D eigenvalue weighted by Gasteiger charge is -2.36. The van der Waals surface area contributed by atoms with E-state index in [0.29, 0.717) is 31.0 Å². The molecule has 7 nitrogen and oxygen atoms in total. The molecule has 174 valence electrons. The lowest BCUT2D eigenvalue weighted by molar-refractivity contribution is -0.132. The number of hydrogen-bond donors (Lipinski definition) is 0. The van der Waals surface area contributed by atoms with Gasteiger partial charge in [-0.15, -0.1) is 10.2 Å². The van der Waals surface area contributed by atoms with Crippen LogP contribution in [0.2, 0.25) is 0 Å². The van der Waals surface area contributed by atoms with Crippen molar-refractivity contribution >= 4 is 5.91 Å². The lowest BCUT2D eigenvalue weighted by Crippen LogP contribution is -2.42. The number of methoxy groups -OCH3 is 1. The standard InChI is InChI=1S/C25H36N4O3/c1-31-22-8-4-3-7-21(22)9-10-23-26-27-24(32-23)11-12-25(30)29-17-13-20(14-18-29)19-28-15-5-2-6-16-28/h3-4,7-8,20H,2,5-6,9-19H2,1H3. The van der Waals surface area contributed by atoms with Crippen molar-refractivity contribution in [3.63, 3.8) is 0 Å². The molecule has 2 fully saturated rings. The Morgan fingerprint density at radius 1 is 1.00 bits per heavy atom. The summed E-state index contributed by atoms with van der Waals surface area (Å²) >= 11 is 0. The normalized spacial score (nSPS) is 18.1. The number of amides is 1. The summed E-state index contributed by atoms with van der Waals surface area (Å²) < 4.78 is 11.2. The summed E-state index contributed by atoms with van der Waals surface area (Å²) in [5, 5.41) is 8.30. The van der Waals surface area contributed by atoms with Crippen molar-refractivity contribution in [2.45, 2.75) is 57.8 Å². The largest absolute Gasteiger partial charge is 0.496 e. The Balaban J connectivity index is 1.17. The van der Waals surface area contributed by atoms with Crippen LogP contribution in [0.15, 0.2) is 28.7 Å². The van der Waals surface area contributed by atoms with E-state index in [1.165, 1.54) is 38.9 Å². The monoisotopic (exact) mass is 440 g/mol. The molecule has 2 aromatic rings. The summed E-state index contributed by atoms with van der Waals surface area (Å²) in [7, 11) is 1.68. The van der Waals surface area contributed by atoms with Crippen LogP contribution in [0.3, 0.4) is 0 Å². The Morgan fingerprint density at radius 3 is 2.47 bits per heavy atom. The molecule has 2 aliphatic heterocycles. The topological polar surface area (TPSA) is 71.7 Å². The minimum Gasteiger partial charge on any atom is -0.496 e. The van der Waals surface area contributed by atoms with E-state index in [-0.39, 0.29) is 5.91 Å². The van der Waals surface area contributed by atoms with E-state index in [1.807, 2.05) is 29.2 Å². The van der Waals surface area contributed by atoms with E-state index in [1.54, 1.807) is 7.11 Å². The SMILES string of the molecule is COc1ccccc1CCc1nnc(CCC(=O)N2CCC(CN3CCCCC3)CC2)o1. The molecule has 0 unspecified atom stereocenters. The van der Waals surface area contributed by atoms with Crippen LogP contribution in [0, 0.1) is 5.92 Å². The zero-order valence-electron chi connectivity index (χ0n) is 19.3. The van der Waals surface area contributed by atoms with Crippen LogP contribution in [-0.4, -0.2) is 65.7 Å². The molecule has 0 spiro atoms. The summed E-state index contributed by atoms with van der Waals surface area (Å²) in [6, 6.07) is 7.96. The minimum atomic E-state index is 0.204. The number of carbonyl (C=O) groups excluding carboxylic acids is 1. The third-order valence-electron chi connectivity index (χ3n) is 6.79. The van der Waals surface area contributed by atoms with E-state index in [9.17, 15) is 4.79 Å². The van der Waals surface area contributed by atoms with E-state index in [4.69, 9.17) is 9.15 Å². The predicted molar refractivity (Wildman–Crippen MR) is 123 cm³/mol. The van der Waals surface area contributed by atoms with Gasteiger partial charge in [0.25, 0.3) is 0 Å². The van der Waals surface area contributed by atoms with Crippen molar-refractivity contribution in [1.82, 2.24) is 20.0 Å². The summed E-state index contributed by atoms with van der Waals surface area (Å²) in [6.45, 7) is 5.48. The average Bonchev–Trinajstić information content (AvgIpc) is 3.30. The molecule has 0 saturated carbocycles. The van der Waals surface area contributed by atoms with Gasteiger partial charge < -0.3 is 19.0 Å². The molecule has 2 saturated heterocycles. The number of piperidine rings is 2. The molecular formula is C25H36N4O3. The lowest BCUT2D eigenvalue weighted by atomic mass is 9.95. The summed E-state index contributed by atoms with van der Waals surface area (Å²) in [6.07, 6.45) is 8.69. The quantitative estimate of drug-likeness (QED) is 0.594. The van der Waals surface area contributed by atoms with Gasteiger partial charge >= 0.3 is 0 Å². The van der Waals surface area contributed by atoms with Crippen LogP contribution in [0.5, 0.6) is 5.75 Å². The molecule has 32 heavy (non-hydrogen) atoms. The first-order valence-electron chi connectivity index (χ1n) is 12.1. The molecular weight excluding hydrogens is 404 g/mol. The highest BCUT2D eigenvalue weighted by atomic mass is 16.5. The molecule has 3 heterocycles. The van der Waals surface area contributed by atoms with Gasteiger partial charge in [0, 0.05) is 38.9 Å². The number of rotatable bonds is 9. The van der Waals surface area contributed by atoms with Crippen LogP contribution in [0.25, 0.3) is 0 Å². The van der Waals surface area contributed by atoms with Gasteiger partial charge in [0.2, 0.25) is 17.7 Å². The number of nitrogens with zero attached hydrogens (tertiary/aromatic N) is 4. The van der Waals surface area contributed by atoms with Crippen molar-refractivity contribution in [1.29, 1.82) is 0 Å². The number of carbonyl (C=O) groups is 1. The maximum Gasteiger partial charge on any atom is 0.223 e. The maximum absolute atomic E-state index is 12.7. The van der Waals surface area contributed by atoms with Crippen molar-refractivity contribution in [3.8, 4) is 5.75 Å². The van der Waals surface area contributed by atoms with Gasteiger partial charge in [-0.2, -0.15) is 0 Å². The van der Waals surface area contributed by atoms with Gasteiger partial charge in [-0.1, -0.05) is 24.6 Å². The van der Waals surface area contributed by atoms with E-state index >= 15 is 0 Å². The van der Waals surface area contributed by atoms with E-state index < -0.39 is 0 Å². The van der Waals surface area contributed by atoms with Crippen LogP contribution < -0.4 is 4.74 Å². The Labute approximate surface area is 191 Å². The number of hydrogen-bond acceptors (Lipinski definition) is 6. The van der Waals surface area contributed by atoms with Crippen molar-refractivity contribution < 1.29 is 13.9 Å². The molecule has 1 aromatic heterocycles. The molecule has 0 aliphatic carbocycles. The minimum absolute atomic E-state index is 0.204. The maximum atomic E-state index is 12.7. The number of benzene rings is 1. The highest BCUT2D eigenvalue weighted by molar-refractivity contribution is 5.76. The van der Waals surface area contributed by atoms with Gasteiger partial charge in [0.05, 0.1) is 7.11 Å². The first-order chi connectivity index (χ1) is 15.7. The third kappa shape index (κ3) is 6.31. The van der Waals surface area contributed by atoms with Gasteiger partial charge in [0.1, 0.15) is 5.75 Å². The summed E-state index contributed by atoms with van der Waals surface area (Å²) in [5.74, 6) is 2.97. The van der Waals surface area contributed by atoms with Crippen LogP contribution in [-0.2, 0) is 24.1 Å². The van der Waals surface area contributed by atoms with Gasteiger partial charge in [-0.3, -0.25) is 4.79 Å². The number of likely N-dealkylation sites (tertiary alicyclic amines) is 2. The fourth-order valence-electron chi connectivity index (χ4n) is 4.89. The predicted octanol–water partition coefficient (Wildman–Crippen LogP) is 3.52. The highest BCUT2D eigenvalue weighted by Crippen LogP contribution is 2.22. The zero-order valence-corrected chi connectivity index (χ0v) is 19.3. The number of para-hydroxylation sites is 1. The fourth-order valence-corrected chi connectivity index (χ4v) is 4.89. The molecule has 1 amide bonds. The van der Waals surface area contributed by atoms with Crippen molar-refractivity contribution in [3.05, 3.63) is 41.6 Å². The molecule has 0 bridgehead atoms. The molecule has 1 aromatic carbocycles. The second-order valence-corrected chi connectivity index (χ2v) is 9.09. The van der Waals surface area contributed by atoms with Gasteiger partial charge in [0.15, 0.2) is 0 Å². The van der Waals surface area contributed by atoms with Crippen LogP contribution in [0.1, 0.15) is 55.9 Å². The smallest absolute Gasteiger partial charge is 0.223 e. The van der Waals surface area contributed by atoms with Gasteiger partial charge in [-0.25, -0.2) is 0 Å². The highest BCUT2D eigenvalue weighted by Gasteiger charge is 2.25. The zero-order chi connectivity index (χ0) is 22.2. The molecule has 4 rings (SSSR count).